The summed E-state index contributed by atoms with van der Waals surface area (Å²) in [5.41, 5.74) is 7.01. The Kier molecular flexibility index (Phi) is 3.22. The third-order valence-electron chi connectivity index (χ3n) is 3.48. The third kappa shape index (κ3) is 2.52. The van der Waals surface area contributed by atoms with Crippen molar-refractivity contribution in [3.63, 3.8) is 0 Å². The first kappa shape index (κ1) is 11.8. The van der Waals surface area contributed by atoms with E-state index in [1.54, 1.807) is 12.1 Å². The first-order chi connectivity index (χ1) is 8.08. The summed E-state index contributed by atoms with van der Waals surface area (Å²) in [7, 11) is 0. The lowest BCUT2D eigenvalue weighted by Crippen LogP contribution is -2.23. The van der Waals surface area contributed by atoms with Crippen LogP contribution in [0.4, 0.5) is 11.4 Å². The molecule has 0 bridgehead atoms. The molecule has 0 aromatic heterocycles. The number of anilines is 2. The number of nitrogens with one attached hydrogen (secondary N) is 1. The van der Waals surface area contributed by atoms with Crippen molar-refractivity contribution in [2.24, 2.45) is 5.92 Å². The molecule has 4 heteroatoms. The molecule has 0 spiro atoms. The molecular weight excluding hydrogens is 216 g/mol. The molecule has 1 aliphatic carbocycles. The van der Waals surface area contributed by atoms with Crippen molar-refractivity contribution in [1.29, 1.82) is 0 Å². The summed E-state index contributed by atoms with van der Waals surface area (Å²) in [6.07, 6.45) is 3.51. The van der Waals surface area contributed by atoms with E-state index >= 15 is 0 Å². The fraction of sp³-hybridized carbons (Fsp3) is 0.462. The van der Waals surface area contributed by atoms with Crippen LogP contribution in [0.15, 0.2) is 18.2 Å². The van der Waals surface area contributed by atoms with Gasteiger partial charge in [0.1, 0.15) is 0 Å². The van der Waals surface area contributed by atoms with Crippen LogP contribution >= 0.6 is 0 Å². The summed E-state index contributed by atoms with van der Waals surface area (Å²) in [5, 5.41) is 12.5. The molecule has 0 saturated heterocycles. The van der Waals surface area contributed by atoms with Crippen molar-refractivity contribution in [2.75, 3.05) is 11.1 Å². The van der Waals surface area contributed by atoms with E-state index < -0.39 is 5.97 Å². The number of benzene rings is 1. The zero-order valence-corrected chi connectivity index (χ0v) is 9.94. The fourth-order valence-electron chi connectivity index (χ4n) is 2.42. The second-order valence-electron chi connectivity index (χ2n) is 4.77. The standard InChI is InChI=1S/C13H18N2O2/c1-8-3-2-4-11(8)15-12-6-5-9(14)7-10(12)13(16)17/h5-8,11,15H,2-4,14H2,1H3,(H,16,17). The van der Waals surface area contributed by atoms with Crippen LogP contribution in [0.5, 0.6) is 0 Å². The van der Waals surface area contributed by atoms with Gasteiger partial charge in [0.2, 0.25) is 0 Å². The van der Waals surface area contributed by atoms with Gasteiger partial charge in [-0.05, 0) is 37.0 Å². The van der Waals surface area contributed by atoms with Gasteiger partial charge in [-0.25, -0.2) is 4.79 Å². The Morgan fingerprint density at radius 3 is 2.82 bits per heavy atom. The molecule has 2 atom stereocenters. The van der Waals surface area contributed by atoms with Crippen molar-refractivity contribution in [1.82, 2.24) is 0 Å². The van der Waals surface area contributed by atoms with Gasteiger partial charge in [0.15, 0.2) is 0 Å². The molecular formula is C13H18N2O2. The average molecular weight is 234 g/mol. The van der Waals surface area contributed by atoms with Gasteiger partial charge >= 0.3 is 5.97 Å². The van der Waals surface area contributed by atoms with E-state index in [9.17, 15) is 4.79 Å². The molecule has 17 heavy (non-hydrogen) atoms. The van der Waals surface area contributed by atoms with Crippen LogP contribution in [-0.2, 0) is 0 Å². The molecule has 2 unspecified atom stereocenters. The molecule has 0 radical (unpaired) electrons. The van der Waals surface area contributed by atoms with Gasteiger partial charge in [0.25, 0.3) is 0 Å². The first-order valence-corrected chi connectivity index (χ1v) is 5.97. The van der Waals surface area contributed by atoms with Crippen molar-refractivity contribution >= 4 is 17.3 Å². The molecule has 1 saturated carbocycles. The van der Waals surface area contributed by atoms with E-state index in [1.165, 1.54) is 18.9 Å². The summed E-state index contributed by atoms with van der Waals surface area (Å²) in [5.74, 6) is -0.348. The van der Waals surface area contributed by atoms with Crippen molar-refractivity contribution in [3.05, 3.63) is 23.8 Å². The highest BCUT2D eigenvalue weighted by Gasteiger charge is 2.24. The number of hydrogen-bond acceptors (Lipinski definition) is 3. The van der Waals surface area contributed by atoms with Gasteiger partial charge in [-0.1, -0.05) is 13.3 Å². The molecule has 0 aliphatic heterocycles. The van der Waals surface area contributed by atoms with Crippen LogP contribution in [0.25, 0.3) is 0 Å². The van der Waals surface area contributed by atoms with E-state index in [2.05, 4.69) is 12.2 Å². The zero-order chi connectivity index (χ0) is 12.4. The zero-order valence-electron chi connectivity index (χ0n) is 9.94. The Balaban J connectivity index is 2.22. The van der Waals surface area contributed by atoms with Gasteiger partial charge < -0.3 is 16.2 Å². The SMILES string of the molecule is CC1CCCC1Nc1ccc(N)cc1C(=O)O. The highest BCUT2D eigenvalue weighted by Crippen LogP contribution is 2.29. The second kappa shape index (κ2) is 4.65. The maximum absolute atomic E-state index is 11.1. The number of carboxylic acids is 1. The first-order valence-electron chi connectivity index (χ1n) is 5.97. The highest BCUT2D eigenvalue weighted by atomic mass is 16.4. The predicted molar refractivity (Wildman–Crippen MR) is 68.2 cm³/mol. The number of carboxylic acid groups (broad SMARTS) is 1. The number of aromatic carboxylic acids is 1. The second-order valence-corrected chi connectivity index (χ2v) is 4.77. The van der Waals surface area contributed by atoms with E-state index in [1.807, 2.05) is 0 Å². The summed E-state index contributed by atoms with van der Waals surface area (Å²) in [4.78, 5) is 11.1. The van der Waals surface area contributed by atoms with Crippen LogP contribution < -0.4 is 11.1 Å². The Labute approximate surface area is 101 Å². The minimum absolute atomic E-state index is 0.254. The lowest BCUT2D eigenvalue weighted by molar-refractivity contribution is 0.0698. The number of rotatable bonds is 3. The van der Waals surface area contributed by atoms with Gasteiger partial charge in [-0.2, -0.15) is 0 Å². The molecule has 1 aromatic carbocycles. The topological polar surface area (TPSA) is 75.3 Å². The van der Waals surface area contributed by atoms with Crippen molar-refractivity contribution in [3.8, 4) is 0 Å². The quantitative estimate of drug-likeness (QED) is 0.702. The van der Waals surface area contributed by atoms with E-state index in [4.69, 9.17) is 10.8 Å². The minimum Gasteiger partial charge on any atom is -0.478 e. The van der Waals surface area contributed by atoms with Crippen molar-refractivity contribution in [2.45, 2.75) is 32.2 Å². The van der Waals surface area contributed by atoms with Gasteiger partial charge in [-0.3, -0.25) is 0 Å². The number of carbonyl (C=O) groups is 1. The smallest absolute Gasteiger partial charge is 0.337 e. The monoisotopic (exact) mass is 234 g/mol. The molecule has 1 aliphatic rings. The van der Waals surface area contributed by atoms with Gasteiger partial charge in [-0.15, -0.1) is 0 Å². The Bertz CT molecular complexity index is 431. The summed E-state index contributed by atoms with van der Waals surface area (Å²) in [6, 6.07) is 5.36. The Hall–Kier alpha value is -1.71. The average Bonchev–Trinajstić information content (AvgIpc) is 2.67. The summed E-state index contributed by atoms with van der Waals surface area (Å²) < 4.78 is 0. The van der Waals surface area contributed by atoms with Crippen LogP contribution in [0.3, 0.4) is 0 Å². The van der Waals surface area contributed by atoms with Crippen LogP contribution in [0.1, 0.15) is 36.5 Å². The molecule has 4 nitrogen and oxygen atoms in total. The largest absolute Gasteiger partial charge is 0.478 e. The van der Waals surface area contributed by atoms with E-state index in [0.29, 0.717) is 23.3 Å². The molecule has 1 aromatic rings. The number of nitrogens with two attached hydrogens (primary N) is 1. The fourth-order valence-corrected chi connectivity index (χ4v) is 2.42. The molecule has 1 fully saturated rings. The lowest BCUT2D eigenvalue weighted by atomic mass is 10.0. The van der Waals surface area contributed by atoms with E-state index in [-0.39, 0.29) is 5.56 Å². The minimum atomic E-state index is -0.939. The maximum Gasteiger partial charge on any atom is 0.337 e. The molecule has 0 heterocycles. The lowest BCUT2D eigenvalue weighted by Gasteiger charge is -2.20. The summed E-state index contributed by atoms with van der Waals surface area (Å²) in [6.45, 7) is 2.20. The number of nitrogen functional groups attached to an aromatic ring is 1. The van der Waals surface area contributed by atoms with Gasteiger partial charge in [0.05, 0.1) is 5.56 Å². The normalized spacial score (nSPS) is 23.6. The molecule has 4 N–H and O–H groups in total. The maximum atomic E-state index is 11.1. The predicted octanol–water partition coefficient (Wildman–Crippen LogP) is 2.57. The summed E-state index contributed by atoms with van der Waals surface area (Å²) >= 11 is 0. The third-order valence-corrected chi connectivity index (χ3v) is 3.48. The molecule has 2 rings (SSSR count). The molecule has 92 valence electrons. The van der Waals surface area contributed by atoms with Crippen molar-refractivity contribution < 1.29 is 9.90 Å². The van der Waals surface area contributed by atoms with Crippen LogP contribution in [0, 0.1) is 5.92 Å². The Morgan fingerprint density at radius 2 is 2.24 bits per heavy atom. The van der Waals surface area contributed by atoms with Crippen LogP contribution in [0.2, 0.25) is 0 Å². The highest BCUT2D eigenvalue weighted by molar-refractivity contribution is 5.95. The van der Waals surface area contributed by atoms with E-state index in [0.717, 1.165) is 6.42 Å². The van der Waals surface area contributed by atoms with Gasteiger partial charge in [0, 0.05) is 17.4 Å². The van der Waals surface area contributed by atoms with Crippen LogP contribution in [-0.4, -0.2) is 17.1 Å². The Morgan fingerprint density at radius 1 is 1.47 bits per heavy atom. The number of hydrogen-bond donors (Lipinski definition) is 3. The molecule has 0 amide bonds.